The standard InChI is InChI=1S/C9H10N2O4/c12-4-5-3-6-8(14-5)11-2-1-7(13)10-9(11)15-6/h1-2,5-6,8,12H,3-4H2. The van der Waals surface area contributed by atoms with E-state index in [0.29, 0.717) is 12.4 Å². The van der Waals surface area contributed by atoms with Crippen molar-refractivity contribution < 1.29 is 14.6 Å². The van der Waals surface area contributed by atoms with E-state index in [2.05, 4.69) is 4.98 Å². The number of aromatic nitrogens is 2. The van der Waals surface area contributed by atoms with Gasteiger partial charge in [0.15, 0.2) is 6.23 Å². The van der Waals surface area contributed by atoms with Crippen molar-refractivity contribution in [1.29, 1.82) is 0 Å². The maximum Gasteiger partial charge on any atom is 0.302 e. The van der Waals surface area contributed by atoms with Gasteiger partial charge in [-0.3, -0.25) is 9.36 Å². The van der Waals surface area contributed by atoms with Crippen molar-refractivity contribution >= 4 is 0 Å². The molecular weight excluding hydrogens is 200 g/mol. The first kappa shape index (κ1) is 8.87. The summed E-state index contributed by atoms with van der Waals surface area (Å²) < 4.78 is 12.7. The van der Waals surface area contributed by atoms with E-state index < -0.39 is 0 Å². The Hall–Kier alpha value is -1.40. The Morgan fingerprint density at radius 3 is 3.33 bits per heavy atom. The summed E-state index contributed by atoms with van der Waals surface area (Å²) in [5, 5.41) is 8.96. The molecular formula is C9H10N2O4. The van der Waals surface area contributed by atoms with Crippen LogP contribution in [0.25, 0.3) is 0 Å². The zero-order chi connectivity index (χ0) is 10.4. The second-order valence-corrected chi connectivity index (χ2v) is 3.68. The lowest BCUT2D eigenvalue weighted by Gasteiger charge is -2.11. The van der Waals surface area contributed by atoms with Crippen LogP contribution in [0, 0.1) is 0 Å². The lowest BCUT2D eigenvalue weighted by atomic mass is 10.2. The van der Waals surface area contributed by atoms with Gasteiger partial charge in [0.05, 0.1) is 12.7 Å². The minimum atomic E-state index is -0.320. The zero-order valence-corrected chi connectivity index (χ0v) is 7.87. The van der Waals surface area contributed by atoms with Gasteiger partial charge in [0.25, 0.3) is 5.56 Å². The monoisotopic (exact) mass is 210 g/mol. The average Bonchev–Trinajstić information content (AvgIpc) is 2.73. The third kappa shape index (κ3) is 1.25. The summed E-state index contributed by atoms with van der Waals surface area (Å²) in [4.78, 5) is 14.7. The molecule has 0 radical (unpaired) electrons. The van der Waals surface area contributed by atoms with Crippen LogP contribution in [0.3, 0.4) is 0 Å². The number of hydrogen-bond donors (Lipinski definition) is 1. The molecule has 0 aliphatic carbocycles. The topological polar surface area (TPSA) is 73.6 Å². The summed E-state index contributed by atoms with van der Waals surface area (Å²) in [5.74, 6) is 0. The molecule has 0 spiro atoms. The van der Waals surface area contributed by atoms with Crippen LogP contribution < -0.4 is 10.3 Å². The van der Waals surface area contributed by atoms with Crippen LogP contribution in [0.4, 0.5) is 0 Å². The fourth-order valence-electron chi connectivity index (χ4n) is 2.00. The van der Waals surface area contributed by atoms with E-state index in [4.69, 9.17) is 14.6 Å². The smallest absolute Gasteiger partial charge is 0.302 e. The third-order valence-electron chi connectivity index (χ3n) is 2.68. The fourth-order valence-corrected chi connectivity index (χ4v) is 2.00. The molecule has 15 heavy (non-hydrogen) atoms. The second-order valence-electron chi connectivity index (χ2n) is 3.68. The molecule has 0 saturated carbocycles. The van der Waals surface area contributed by atoms with Crippen molar-refractivity contribution in [3.05, 3.63) is 22.6 Å². The van der Waals surface area contributed by atoms with Gasteiger partial charge in [-0.1, -0.05) is 0 Å². The van der Waals surface area contributed by atoms with Gasteiger partial charge in [0, 0.05) is 18.7 Å². The first-order valence-corrected chi connectivity index (χ1v) is 4.80. The molecule has 6 nitrogen and oxygen atoms in total. The highest BCUT2D eigenvalue weighted by Crippen LogP contribution is 2.38. The maximum absolute atomic E-state index is 11.0. The first-order valence-electron chi connectivity index (χ1n) is 4.80. The lowest BCUT2D eigenvalue weighted by molar-refractivity contribution is -0.0256. The van der Waals surface area contributed by atoms with Crippen LogP contribution in [0.2, 0.25) is 0 Å². The highest BCUT2D eigenvalue weighted by molar-refractivity contribution is 5.08. The van der Waals surface area contributed by atoms with Crippen molar-refractivity contribution in [2.24, 2.45) is 0 Å². The Morgan fingerprint density at radius 2 is 2.53 bits per heavy atom. The number of rotatable bonds is 1. The van der Waals surface area contributed by atoms with Gasteiger partial charge in [-0.15, -0.1) is 0 Å². The molecule has 3 unspecified atom stereocenters. The number of aliphatic hydroxyl groups is 1. The molecule has 0 amide bonds. The molecule has 1 saturated heterocycles. The summed E-state index contributed by atoms with van der Waals surface area (Å²) in [6, 6.07) is 1.67. The molecule has 0 bridgehead atoms. The Kier molecular flexibility index (Phi) is 1.80. The summed E-state index contributed by atoms with van der Waals surface area (Å²) in [5.41, 5.74) is -0.320. The van der Waals surface area contributed by atoms with E-state index in [1.165, 1.54) is 6.07 Å². The van der Waals surface area contributed by atoms with Gasteiger partial charge < -0.3 is 14.6 Å². The van der Waals surface area contributed by atoms with E-state index in [9.17, 15) is 4.79 Å². The minimum absolute atomic E-state index is 0.0146. The van der Waals surface area contributed by atoms with E-state index >= 15 is 0 Å². The third-order valence-corrected chi connectivity index (χ3v) is 2.68. The van der Waals surface area contributed by atoms with Gasteiger partial charge in [-0.05, 0) is 0 Å². The number of fused-ring (bicyclic) bond motifs is 3. The molecule has 1 aromatic heterocycles. The first-order chi connectivity index (χ1) is 7.28. The highest BCUT2D eigenvalue weighted by atomic mass is 16.6. The van der Waals surface area contributed by atoms with Gasteiger partial charge in [-0.2, -0.15) is 4.98 Å². The van der Waals surface area contributed by atoms with Gasteiger partial charge in [0.2, 0.25) is 0 Å². The van der Waals surface area contributed by atoms with E-state index in [1.807, 2.05) is 0 Å². The van der Waals surface area contributed by atoms with Gasteiger partial charge in [0.1, 0.15) is 6.10 Å². The molecule has 2 aliphatic rings. The van der Waals surface area contributed by atoms with Crippen molar-refractivity contribution in [3.63, 3.8) is 0 Å². The lowest BCUT2D eigenvalue weighted by Crippen LogP contribution is -2.16. The minimum Gasteiger partial charge on any atom is -0.456 e. The predicted molar refractivity (Wildman–Crippen MR) is 48.5 cm³/mol. The van der Waals surface area contributed by atoms with Crippen LogP contribution in [0.15, 0.2) is 17.1 Å². The summed E-state index contributed by atoms with van der Waals surface area (Å²) in [6.45, 7) is -0.0146. The van der Waals surface area contributed by atoms with E-state index in [-0.39, 0.29) is 30.6 Å². The number of aliphatic hydroxyl groups excluding tert-OH is 1. The maximum atomic E-state index is 11.0. The molecule has 3 heterocycles. The van der Waals surface area contributed by atoms with Crippen LogP contribution in [0.1, 0.15) is 12.6 Å². The van der Waals surface area contributed by atoms with E-state index in [0.717, 1.165) is 0 Å². The normalized spacial score (nSPS) is 32.2. The van der Waals surface area contributed by atoms with Crippen molar-refractivity contribution in [2.45, 2.75) is 24.9 Å². The van der Waals surface area contributed by atoms with Crippen LogP contribution >= 0.6 is 0 Å². The van der Waals surface area contributed by atoms with Crippen LogP contribution in [-0.2, 0) is 4.74 Å². The molecule has 1 fully saturated rings. The van der Waals surface area contributed by atoms with Gasteiger partial charge in [-0.25, -0.2) is 0 Å². The van der Waals surface area contributed by atoms with Crippen LogP contribution in [0.5, 0.6) is 6.01 Å². The highest BCUT2D eigenvalue weighted by Gasteiger charge is 2.43. The van der Waals surface area contributed by atoms with Gasteiger partial charge >= 0.3 is 6.01 Å². The molecule has 0 aromatic carbocycles. The molecule has 6 heteroatoms. The number of nitrogens with zero attached hydrogens (tertiary/aromatic N) is 2. The SMILES string of the molecule is O=c1ccn2c(n1)OC1CC(CO)OC12. The van der Waals surface area contributed by atoms with Crippen molar-refractivity contribution in [3.8, 4) is 6.01 Å². The fraction of sp³-hybridized carbons (Fsp3) is 0.556. The molecule has 80 valence electrons. The molecule has 3 atom stereocenters. The Morgan fingerprint density at radius 1 is 1.67 bits per heavy atom. The Bertz CT molecular complexity index is 444. The molecule has 3 rings (SSSR count). The average molecular weight is 210 g/mol. The van der Waals surface area contributed by atoms with Crippen molar-refractivity contribution in [2.75, 3.05) is 6.61 Å². The van der Waals surface area contributed by atoms with Crippen LogP contribution in [-0.4, -0.2) is 33.5 Å². The predicted octanol–water partition coefficient (Wildman–Crippen LogP) is -0.716. The van der Waals surface area contributed by atoms with Crippen molar-refractivity contribution in [1.82, 2.24) is 9.55 Å². The summed E-state index contributed by atoms with van der Waals surface area (Å²) in [7, 11) is 0. The zero-order valence-electron chi connectivity index (χ0n) is 7.87. The summed E-state index contributed by atoms with van der Waals surface area (Å²) in [6.07, 6.45) is 1.64. The Labute approximate surface area is 85.1 Å². The summed E-state index contributed by atoms with van der Waals surface area (Å²) >= 11 is 0. The number of ether oxygens (including phenoxy) is 2. The second kappa shape index (κ2) is 3.04. The quantitative estimate of drug-likeness (QED) is 0.662. The number of hydrogen-bond acceptors (Lipinski definition) is 5. The van der Waals surface area contributed by atoms with E-state index in [1.54, 1.807) is 10.8 Å². The molecule has 1 aromatic rings. The Balaban J connectivity index is 1.96. The molecule has 1 N–H and O–H groups in total. The largest absolute Gasteiger partial charge is 0.456 e. The molecule has 2 aliphatic heterocycles.